The highest BCUT2D eigenvalue weighted by atomic mass is 16.7. The SMILES string of the molecule is CCCCCCCCCOC1O[C@H](CO)[C@@H](O)[C@H](O)[C@H]1O. The van der Waals surface area contributed by atoms with E-state index in [1.54, 1.807) is 0 Å². The van der Waals surface area contributed by atoms with Gasteiger partial charge in [0.25, 0.3) is 0 Å². The number of hydrogen-bond donors (Lipinski definition) is 4. The van der Waals surface area contributed by atoms with Crippen molar-refractivity contribution in [2.45, 2.75) is 82.6 Å². The minimum Gasteiger partial charge on any atom is -0.394 e. The molecular formula is C15H30O6. The number of hydrogen-bond acceptors (Lipinski definition) is 6. The van der Waals surface area contributed by atoms with Crippen molar-refractivity contribution in [1.82, 2.24) is 0 Å². The molecule has 0 bridgehead atoms. The Morgan fingerprint density at radius 3 is 2.10 bits per heavy atom. The lowest BCUT2D eigenvalue weighted by atomic mass is 9.99. The van der Waals surface area contributed by atoms with Gasteiger partial charge in [0.15, 0.2) is 6.29 Å². The lowest BCUT2D eigenvalue weighted by molar-refractivity contribution is -0.301. The zero-order valence-corrected chi connectivity index (χ0v) is 12.9. The summed E-state index contributed by atoms with van der Waals surface area (Å²) in [6.07, 6.45) is 2.20. The molecule has 0 amide bonds. The van der Waals surface area contributed by atoms with Gasteiger partial charge in [-0.25, -0.2) is 0 Å². The third-order valence-electron chi connectivity index (χ3n) is 3.88. The van der Waals surface area contributed by atoms with Crippen LogP contribution < -0.4 is 0 Å². The highest BCUT2D eigenvalue weighted by Crippen LogP contribution is 2.22. The van der Waals surface area contributed by atoms with Crippen molar-refractivity contribution in [3.63, 3.8) is 0 Å². The molecule has 1 heterocycles. The third-order valence-corrected chi connectivity index (χ3v) is 3.88. The van der Waals surface area contributed by atoms with Crippen LogP contribution in [0.2, 0.25) is 0 Å². The molecule has 1 saturated heterocycles. The molecule has 0 saturated carbocycles. The van der Waals surface area contributed by atoms with E-state index in [9.17, 15) is 15.3 Å². The van der Waals surface area contributed by atoms with E-state index >= 15 is 0 Å². The maximum absolute atomic E-state index is 9.78. The van der Waals surface area contributed by atoms with E-state index in [1.807, 2.05) is 0 Å². The van der Waals surface area contributed by atoms with Crippen LogP contribution in [0, 0.1) is 0 Å². The van der Waals surface area contributed by atoms with Gasteiger partial charge in [-0.15, -0.1) is 0 Å². The van der Waals surface area contributed by atoms with E-state index in [0.717, 1.165) is 19.3 Å². The Hall–Kier alpha value is -0.240. The smallest absolute Gasteiger partial charge is 0.186 e. The normalized spacial score (nSPS) is 33.3. The van der Waals surface area contributed by atoms with Gasteiger partial charge in [-0.3, -0.25) is 0 Å². The van der Waals surface area contributed by atoms with E-state index in [2.05, 4.69) is 6.92 Å². The number of aliphatic hydroxyl groups excluding tert-OH is 4. The van der Waals surface area contributed by atoms with Crippen LogP contribution >= 0.6 is 0 Å². The molecule has 6 nitrogen and oxygen atoms in total. The number of ether oxygens (including phenoxy) is 2. The van der Waals surface area contributed by atoms with Gasteiger partial charge in [-0.2, -0.15) is 0 Å². The predicted molar refractivity (Wildman–Crippen MR) is 77.7 cm³/mol. The molecule has 1 aliphatic heterocycles. The Balaban J connectivity index is 2.16. The first-order chi connectivity index (χ1) is 10.1. The second-order valence-electron chi connectivity index (χ2n) is 5.69. The Morgan fingerprint density at radius 2 is 1.48 bits per heavy atom. The van der Waals surface area contributed by atoms with Crippen LogP contribution in [-0.2, 0) is 9.47 Å². The Morgan fingerprint density at radius 1 is 0.857 bits per heavy atom. The summed E-state index contributed by atoms with van der Waals surface area (Å²) in [4.78, 5) is 0. The molecule has 6 heteroatoms. The molecule has 0 aliphatic carbocycles. The first-order valence-corrected chi connectivity index (χ1v) is 8.04. The summed E-state index contributed by atoms with van der Waals surface area (Å²) in [6.45, 7) is 2.19. The van der Waals surface area contributed by atoms with Crippen LogP contribution in [0.25, 0.3) is 0 Å². The molecule has 1 unspecified atom stereocenters. The zero-order chi connectivity index (χ0) is 15.7. The minimum atomic E-state index is -1.37. The fourth-order valence-corrected chi connectivity index (χ4v) is 2.46. The van der Waals surface area contributed by atoms with Gasteiger partial charge >= 0.3 is 0 Å². The molecule has 4 N–H and O–H groups in total. The van der Waals surface area contributed by atoms with Crippen LogP contribution in [0.4, 0.5) is 0 Å². The van der Waals surface area contributed by atoms with Crippen molar-refractivity contribution in [2.24, 2.45) is 0 Å². The Kier molecular flexibility index (Phi) is 9.39. The first-order valence-electron chi connectivity index (χ1n) is 8.04. The number of aliphatic hydroxyl groups is 4. The average molecular weight is 306 g/mol. The average Bonchev–Trinajstić information content (AvgIpc) is 2.49. The van der Waals surface area contributed by atoms with Crippen LogP contribution in [0.5, 0.6) is 0 Å². The second-order valence-corrected chi connectivity index (χ2v) is 5.69. The lowest BCUT2D eigenvalue weighted by Crippen LogP contribution is -2.59. The molecule has 126 valence electrons. The second kappa shape index (κ2) is 10.5. The predicted octanol–water partition coefficient (Wildman–Crippen LogP) is 0.553. The van der Waals surface area contributed by atoms with Gasteiger partial charge in [0.05, 0.1) is 6.61 Å². The number of unbranched alkanes of at least 4 members (excludes halogenated alkanes) is 6. The fraction of sp³-hybridized carbons (Fsp3) is 1.00. The monoisotopic (exact) mass is 306 g/mol. The van der Waals surface area contributed by atoms with Crippen molar-refractivity contribution < 1.29 is 29.9 Å². The minimum absolute atomic E-state index is 0.427. The van der Waals surface area contributed by atoms with E-state index in [4.69, 9.17) is 14.6 Å². The maximum Gasteiger partial charge on any atom is 0.186 e. The molecular weight excluding hydrogens is 276 g/mol. The van der Waals surface area contributed by atoms with Crippen LogP contribution in [0.1, 0.15) is 51.9 Å². The first kappa shape index (κ1) is 18.8. The summed E-state index contributed by atoms with van der Waals surface area (Å²) in [5.41, 5.74) is 0. The summed E-state index contributed by atoms with van der Waals surface area (Å²) in [6, 6.07) is 0. The van der Waals surface area contributed by atoms with Crippen molar-refractivity contribution in [2.75, 3.05) is 13.2 Å². The van der Waals surface area contributed by atoms with E-state index in [0.29, 0.717) is 6.61 Å². The summed E-state index contributed by atoms with van der Waals surface area (Å²) < 4.78 is 10.7. The lowest BCUT2D eigenvalue weighted by Gasteiger charge is -2.39. The van der Waals surface area contributed by atoms with Gasteiger partial charge in [0, 0.05) is 6.61 Å². The van der Waals surface area contributed by atoms with Gasteiger partial charge in [-0.05, 0) is 6.42 Å². The maximum atomic E-state index is 9.78. The largest absolute Gasteiger partial charge is 0.394 e. The van der Waals surface area contributed by atoms with E-state index < -0.39 is 37.3 Å². The quantitative estimate of drug-likeness (QED) is 0.440. The topological polar surface area (TPSA) is 99.4 Å². The van der Waals surface area contributed by atoms with Crippen LogP contribution in [0.15, 0.2) is 0 Å². The highest BCUT2D eigenvalue weighted by molar-refractivity contribution is 4.88. The molecule has 0 radical (unpaired) electrons. The third kappa shape index (κ3) is 6.18. The summed E-state index contributed by atoms with van der Waals surface area (Å²) in [7, 11) is 0. The van der Waals surface area contributed by atoms with Gasteiger partial charge in [0.1, 0.15) is 24.4 Å². The Bertz CT molecular complexity index is 261. The molecule has 21 heavy (non-hydrogen) atoms. The van der Waals surface area contributed by atoms with Gasteiger partial charge < -0.3 is 29.9 Å². The molecule has 0 spiro atoms. The number of rotatable bonds is 10. The molecule has 0 aromatic rings. The van der Waals surface area contributed by atoms with Crippen LogP contribution in [-0.4, -0.2) is 64.3 Å². The fourth-order valence-electron chi connectivity index (χ4n) is 2.46. The van der Waals surface area contributed by atoms with Crippen molar-refractivity contribution in [1.29, 1.82) is 0 Å². The Labute approximate surface area is 126 Å². The van der Waals surface area contributed by atoms with Crippen molar-refractivity contribution in [3.05, 3.63) is 0 Å². The van der Waals surface area contributed by atoms with Crippen molar-refractivity contribution >= 4 is 0 Å². The molecule has 0 aromatic carbocycles. The molecule has 1 rings (SSSR count). The summed E-state index contributed by atoms with van der Waals surface area (Å²) in [5, 5.41) is 38.1. The highest BCUT2D eigenvalue weighted by Gasteiger charge is 2.43. The molecule has 5 atom stereocenters. The summed E-state index contributed by atoms with van der Waals surface area (Å²) in [5.74, 6) is 0. The van der Waals surface area contributed by atoms with E-state index in [-0.39, 0.29) is 0 Å². The van der Waals surface area contributed by atoms with Crippen molar-refractivity contribution in [3.8, 4) is 0 Å². The zero-order valence-electron chi connectivity index (χ0n) is 12.9. The van der Waals surface area contributed by atoms with Gasteiger partial charge in [0.2, 0.25) is 0 Å². The summed E-state index contributed by atoms with van der Waals surface area (Å²) >= 11 is 0. The molecule has 1 aliphatic rings. The molecule has 1 fully saturated rings. The van der Waals surface area contributed by atoms with Gasteiger partial charge in [-0.1, -0.05) is 45.4 Å². The van der Waals surface area contributed by atoms with Crippen LogP contribution in [0.3, 0.4) is 0 Å². The standard InChI is InChI=1S/C15H30O6/c1-2-3-4-5-6-7-8-9-20-15-14(19)13(18)12(17)11(10-16)21-15/h11-19H,2-10H2,1H3/t11-,12-,13+,14-,15?/m1/s1. The molecule has 0 aromatic heterocycles. The van der Waals surface area contributed by atoms with E-state index in [1.165, 1.54) is 25.7 Å².